The van der Waals surface area contributed by atoms with Crippen LogP contribution in [-0.4, -0.2) is 25.7 Å². The first-order chi connectivity index (χ1) is 9.73. The third-order valence-electron chi connectivity index (χ3n) is 2.98. The van der Waals surface area contributed by atoms with Gasteiger partial charge in [0.1, 0.15) is 5.75 Å². The normalized spacial score (nSPS) is 12.9. The fourth-order valence-electron chi connectivity index (χ4n) is 2.02. The molecule has 21 heavy (non-hydrogen) atoms. The highest BCUT2D eigenvalue weighted by atomic mass is 35.7. The zero-order chi connectivity index (χ0) is 16.0. The quantitative estimate of drug-likeness (QED) is 0.413. The monoisotopic (exact) mass is 335 g/mol. The predicted molar refractivity (Wildman–Crippen MR) is 81.4 cm³/mol. The van der Waals surface area contributed by atoms with Crippen molar-refractivity contribution in [2.75, 3.05) is 12.4 Å². The molecule has 8 heteroatoms. The van der Waals surface area contributed by atoms with Gasteiger partial charge in [-0.25, -0.2) is 8.42 Å². The Morgan fingerprint density at radius 1 is 1.43 bits per heavy atom. The van der Waals surface area contributed by atoms with Crippen LogP contribution in [-0.2, 0) is 9.05 Å². The molecule has 1 unspecified atom stereocenters. The van der Waals surface area contributed by atoms with Gasteiger partial charge in [-0.2, -0.15) is 0 Å². The third kappa shape index (κ3) is 6.31. The maximum absolute atomic E-state index is 11.1. The van der Waals surface area contributed by atoms with E-state index in [1.807, 2.05) is 6.92 Å². The largest absolute Gasteiger partial charge is 0.493 e. The van der Waals surface area contributed by atoms with Crippen LogP contribution < -0.4 is 4.74 Å². The molecule has 0 N–H and O–H groups in total. The summed E-state index contributed by atoms with van der Waals surface area (Å²) in [6, 6.07) is 4.30. The minimum Gasteiger partial charge on any atom is -0.493 e. The van der Waals surface area contributed by atoms with Gasteiger partial charge in [-0.05, 0) is 25.0 Å². The Labute approximate surface area is 128 Å². The summed E-state index contributed by atoms with van der Waals surface area (Å²) >= 11 is 0. The molecule has 1 aromatic carbocycles. The topological polar surface area (TPSA) is 86.5 Å². The van der Waals surface area contributed by atoms with Crippen LogP contribution in [0.1, 0.15) is 25.3 Å². The van der Waals surface area contributed by atoms with Crippen molar-refractivity contribution in [1.29, 1.82) is 0 Å². The molecule has 0 aliphatic carbocycles. The Morgan fingerprint density at radius 3 is 2.57 bits per heavy atom. The lowest BCUT2D eigenvalue weighted by atomic mass is 10.1. The number of benzene rings is 1. The third-order valence-corrected chi connectivity index (χ3v) is 4.22. The van der Waals surface area contributed by atoms with E-state index < -0.39 is 14.0 Å². The van der Waals surface area contributed by atoms with E-state index in [4.69, 9.17) is 15.4 Å². The lowest BCUT2D eigenvalue weighted by Crippen LogP contribution is -2.19. The van der Waals surface area contributed by atoms with E-state index in [1.165, 1.54) is 18.2 Å². The standard InChI is InChI=1S/C13H18ClNO5S/c1-3-4-11(9-21(14,18)19)8-20-13-6-5-12(15(16)17)7-10(13)2/h5-7,11H,3-4,8-9H2,1-2H3. The van der Waals surface area contributed by atoms with Crippen molar-refractivity contribution in [3.63, 3.8) is 0 Å². The maximum Gasteiger partial charge on any atom is 0.269 e. The molecular weight excluding hydrogens is 318 g/mol. The van der Waals surface area contributed by atoms with Gasteiger partial charge in [-0.3, -0.25) is 10.1 Å². The zero-order valence-corrected chi connectivity index (χ0v) is 13.5. The van der Waals surface area contributed by atoms with Gasteiger partial charge < -0.3 is 4.74 Å². The van der Waals surface area contributed by atoms with E-state index in [9.17, 15) is 18.5 Å². The summed E-state index contributed by atoms with van der Waals surface area (Å²) in [6.45, 7) is 3.86. The summed E-state index contributed by atoms with van der Waals surface area (Å²) in [6.07, 6.45) is 1.50. The highest BCUT2D eigenvalue weighted by Gasteiger charge is 2.18. The number of halogens is 1. The number of nitrogens with zero attached hydrogens (tertiary/aromatic N) is 1. The van der Waals surface area contributed by atoms with Crippen LogP contribution >= 0.6 is 10.7 Å². The van der Waals surface area contributed by atoms with Gasteiger partial charge in [0, 0.05) is 28.7 Å². The molecule has 0 radical (unpaired) electrons. The summed E-state index contributed by atoms with van der Waals surface area (Å²) in [5.41, 5.74) is 0.626. The molecule has 6 nitrogen and oxygen atoms in total. The molecule has 0 fully saturated rings. The van der Waals surface area contributed by atoms with Crippen LogP contribution in [0.25, 0.3) is 0 Å². The molecule has 0 spiro atoms. The highest BCUT2D eigenvalue weighted by Crippen LogP contribution is 2.24. The summed E-state index contributed by atoms with van der Waals surface area (Å²) in [7, 11) is 1.70. The van der Waals surface area contributed by atoms with Gasteiger partial charge in [0.05, 0.1) is 17.3 Å². The number of nitro groups is 1. The van der Waals surface area contributed by atoms with Crippen LogP contribution in [0.2, 0.25) is 0 Å². The minimum atomic E-state index is -3.58. The smallest absolute Gasteiger partial charge is 0.269 e. The number of nitro benzene ring substituents is 1. The van der Waals surface area contributed by atoms with E-state index in [2.05, 4.69) is 0 Å². The second-order valence-corrected chi connectivity index (χ2v) is 7.70. The average molecular weight is 336 g/mol. The van der Waals surface area contributed by atoms with E-state index >= 15 is 0 Å². The number of aryl methyl sites for hydroxylation is 1. The van der Waals surface area contributed by atoms with Gasteiger partial charge in [-0.1, -0.05) is 13.3 Å². The van der Waals surface area contributed by atoms with Crippen LogP contribution in [0.15, 0.2) is 18.2 Å². The molecule has 1 aromatic rings. The van der Waals surface area contributed by atoms with Crippen LogP contribution in [0, 0.1) is 23.0 Å². The van der Waals surface area contributed by atoms with Gasteiger partial charge in [0.25, 0.3) is 5.69 Å². The fourth-order valence-corrected chi connectivity index (χ4v) is 3.38. The Hall–Kier alpha value is -1.34. The summed E-state index contributed by atoms with van der Waals surface area (Å²) in [5.74, 6) is 0.162. The Kier molecular flexibility index (Phi) is 6.42. The number of hydrogen-bond donors (Lipinski definition) is 0. The van der Waals surface area contributed by atoms with Crippen molar-refractivity contribution < 1.29 is 18.1 Å². The SMILES string of the molecule is CCCC(COc1ccc([N+](=O)[O-])cc1C)CS(=O)(=O)Cl. The molecule has 0 aliphatic heterocycles. The first kappa shape index (κ1) is 17.7. The van der Waals surface area contributed by atoms with Crippen molar-refractivity contribution in [1.82, 2.24) is 0 Å². The number of rotatable bonds is 8. The average Bonchev–Trinajstić information content (AvgIpc) is 2.35. The second kappa shape index (κ2) is 7.61. The van der Waals surface area contributed by atoms with E-state index in [0.29, 0.717) is 17.7 Å². The molecule has 1 rings (SSSR count). The van der Waals surface area contributed by atoms with Crippen LogP contribution in [0.3, 0.4) is 0 Å². The summed E-state index contributed by atoms with van der Waals surface area (Å²) in [5, 5.41) is 10.7. The Balaban J connectivity index is 2.73. The molecule has 0 amide bonds. The van der Waals surface area contributed by atoms with E-state index in [-0.39, 0.29) is 24.0 Å². The zero-order valence-electron chi connectivity index (χ0n) is 11.9. The Morgan fingerprint density at radius 2 is 2.10 bits per heavy atom. The molecule has 0 aromatic heterocycles. The first-order valence-electron chi connectivity index (χ1n) is 6.53. The molecule has 1 atom stereocenters. The van der Waals surface area contributed by atoms with E-state index in [1.54, 1.807) is 6.92 Å². The number of ether oxygens (including phenoxy) is 1. The second-order valence-electron chi connectivity index (χ2n) is 4.88. The van der Waals surface area contributed by atoms with Gasteiger partial charge >= 0.3 is 0 Å². The van der Waals surface area contributed by atoms with Gasteiger partial charge in [0.15, 0.2) is 0 Å². The molecular formula is C13H18ClNO5S. The number of non-ortho nitro benzene ring substituents is 1. The highest BCUT2D eigenvalue weighted by molar-refractivity contribution is 8.13. The fraction of sp³-hybridized carbons (Fsp3) is 0.538. The molecule has 0 heterocycles. The Bertz CT molecular complexity index is 603. The molecule has 0 aliphatic rings. The molecule has 118 valence electrons. The lowest BCUT2D eigenvalue weighted by Gasteiger charge is -2.16. The first-order valence-corrected chi connectivity index (χ1v) is 9.01. The lowest BCUT2D eigenvalue weighted by molar-refractivity contribution is -0.384. The summed E-state index contributed by atoms with van der Waals surface area (Å²) in [4.78, 5) is 10.2. The maximum atomic E-state index is 11.1. The minimum absolute atomic E-state index is 0.00621. The molecule has 0 saturated carbocycles. The molecule has 0 bridgehead atoms. The van der Waals surface area contributed by atoms with Crippen molar-refractivity contribution in [2.24, 2.45) is 5.92 Å². The van der Waals surface area contributed by atoms with Crippen molar-refractivity contribution in [3.8, 4) is 5.75 Å². The van der Waals surface area contributed by atoms with Crippen molar-refractivity contribution >= 4 is 25.4 Å². The van der Waals surface area contributed by atoms with Gasteiger partial charge in [0.2, 0.25) is 9.05 Å². The van der Waals surface area contributed by atoms with Crippen molar-refractivity contribution in [2.45, 2.75) is 26.7 Å². The van der Waals surface area contributed by atoms with Crippen LogP contribution in [0.5, 0.6) is 5.75 Å². The van der Waals surface area contributed by atoms with Crippen molar-refractivity contribution in [3.05, 3.63) is 33.9 Å². The van der Waals surface area contributed by atoms with Gasteiger partial charge in [-0.15, -0.1) is 0 Å². The van der Waals surface area contributed by atoms with Crippen LogP contribution in [0.4, 0.5) is 5.69 Å². The number of hydrogen-bond acceptors (Lipinski definition) is 5. The van der Waals surface area contributed by atoms with E-state index in [0.717, 1.165) is 6.42 Å². The summed E-state index contributed by atoms with van der Waals surface area (Å²) < 4.78 is 27.9. The molecule has 0 saturated heterocycles. The predicted octanol–water partition coefficient (Wildman–Crippen LogP) is 3.27.